The van der Waals surface area contributed by atoms with Gasteiger partial charge in [0.15, 0.2) is 0 Å². The van der Waals surface area contributed by atoms with Crippen molar-refractivity contribution in [3.63, 3.8) is 0 Å². The summed E-state index contributed by atoms with van der Waals surface area (Å²) in [6.45, 7) is 7.68. The summed E-state index contributed by atoms with van der Waals surface area (Å²) in [6.07, 6.45) is 5.03. The molecule has 1 aliphatic rings. The highest BCUT2D eigenvalue weighted by atomic mass is 35.5. The number of hydrogen-bond acceptors (Lipinski definition) is 3. The number of amides is 3. The van der Waals surface area contributed by atoms with Gasteiger partial charge >= 0.3 is 6.03 Å². The summed E-state index contributed by atoms with van der Waals surface area (Å²) in [4.78, 5) is 30.2. The minimum atomic E-state index is -0.618. The number of hydrogen-bond donors (Lipinski definition) is 2. The minimum Gasteiger partial charge on any atom is -0.338 e. The van der Waals surface area contributed by atoms with Gasteiger partial charge in [-0.3, -0.25) is 9.69 Å². The fourth-order valence-electron chi connectivity index (χ4n) is 3.83. The fraction of sp³-hybridized carbons (Fsp3) is 0.385. The average molecular weight is 503 g/mol. The highest BCUT2D eigenvalue weighted by Gasteiger charge is 2.31. The number of nitrogens with one attached hydrogen (secondary N) is 2. The summed E-state index contributed by atoms with van der Waals surface area (Å²) in [7, 11) is 0. The molecule has 2 aromatic carbocycles. The van der Waals surface area contributed by atoms with Crippen LogP contribution in [0.25, 0.3) is 6.08 Å². The van der Waals surface area contributed by atoms with Crippen LogP contribution in [0.2, 0.25) is 10.0 Å². The zero-order valence-electron chi connectivity index (χ0n) is 19.6. The van der Waals surface area contributed by atoms with Crippen LogP contribution < -0.4 is 10.6 Å². The van der Waals surface area contributed by atoms with E-state index in [0.29, 0.717) is 23.8 Å². The third-order valence-corrected chi connectivity index (χ3v) is 6.94. The van der Waals surface area contributed by atoms with Crippen molar-refractivity contribution in [3.05, 3.63) is 70.2 Å². The molecule has 2 N–H and O–H groups in total. The first-order valence-electron chi connectivity index (χ1n) is 11.6. The second kappa shape index (κ2) is 12.8. The summed E-state index contributed by atoms with van der Waals surface area (Å²) in [5, 5.41) is 6.18. The standard InChI is InChI=1S/C26H32Cl2N4O2/c1-3-19(2)24(30-26(34)29-22-13-7-12-21(27)23(22)28)25(33)32-17-15-31(16-18-32)14-8-11-20-9-5-4-6-10-20/h4-13,19,24H,3,14-18H2,1-2H3,(H2,29,30,34)/b11-8+. The van der Waals surface area contributed by atoms with Crippen LogP contribution in [-0.4, -0.2) is 60.5 Å². The van der Waals surface area contributed by atoms with Crippen molar-refractivity contribution < 1.29 is 9.59 Å². The molecule has 3 rings (SSSR count). The molecule has 1 fully saturated rings. The molecule has 6 nitrogen and oxygen atoms in total. The SMILES string of the molecule is CCC(C)C(NC(=O)Nc1cccc(Cl)c1Cl)C(=O)N1CCN(C/C=C/c2ccccc2)CC1. The number of urea groups is 1. The topological polar surface area (TPSA) is 64.7 Å². The third-order valence-electron chi connectivity index (χ3n) is 6.12. The number of carbonyl (C=O) groups is 2. The number of halogens is 2. The fourth-order valence-corrected chi connectivity index (χ4v) is 4.18. The number of carbonyl (C=O) groups excluding carboxylic acids is 2. The van der Waals surface area contributed by atoms with Gasteiger partial charge in [-0.2, -0.15) is 0 Å². The Kier molecular flexibility index (Phi) is 9.81. The molecule has 2 atom stereocenters. The predicted molar refractivity (Wildman–Crippen MR) is 140 cm³/mol. The summed E-state index contributed by atoms with van der Waals surface area (Å²) in [5.41, 5.74) is 1.58. The third kappa shape index (κ3) is 7.23. The van der Waals surface area contributed by atoms with E-state index in [0.717, 1.165) is 26.1 Å². The van der Waals surface area contributed by atoms with Gasteiger partial charge in [-0.1, -0.05) is 92.0 Å². The molecular formula is C26H32Cl2N4O2. The normalized spacial score (nSPS) is 16.3. The van der Waals surface area contributed by atoms with Crippen LogP contribution in [0.4, 0.5) is 10.5 Å². The molecule has 0 radical (unpaired) electrons. The Morgan fingerprint density at radius 1 is 1.03 bits per heavy atom. The minimum absolute atomic E-state index is 0.0140. The van der Waals surface area contributed by atoms with Crippen LogP contribution in [0.3, 0.4) is 0 Å². The number of piperazine rings is 1. The zero-order valence-corrected chi connectivity index (χ0v) is 21.1. The molecule has 3 amide bonds. The highest BCUT2D eigenvalue weighted by Crippen LogP contribution is 2.29. The van der Waals surface area contributed by atoms with Crippen LogP contribution in [0, 0.1) is 5.92 Å². The molecule has 34 heavy (non-hydrogen) atoms. The van der Waals surface area contributed by atoms with Crippen molar-refractivity contribution in [1.29, 1.82) is 0 Å². The number of rotatable bonds is 8. The molecule has 2 aromatic rings. The summed E-state index contributed by atoms with van der Waals surface area (Å²) in [6, 6.07) is 14.1. The number of benzene rings is 2. The second-order valence-corrected chi connectivity index (χ2v) is 9.29. The van der Waals surface area contributed by atoms with Gasteiger partial charge in [0.25, 0.3) is 0 Å². The van der Waals surface area contributed by atoms with E-state index >= 15 is 0 Å². The molecule has 1 heterocycles. The lowest BCUT2D eigenvalue weighted by Gasteiger charge is -2.37. The molecule has 2 unspecified atom stereocenters. The summed E-state index contributed by atoms with van der Waals surface area (Å²) < 4.78 is 0. The lowest BCUT2D eigenvalue weighted by atomic mass is 9.97. The van der Waals surface area contributed by atoms with Gasteiger partial charge in [0, 0.05) is 32.7 Å². The maximum atomic E-state index is 13.3. The van der Waals surface area contributed by atoms with Crippen molar-refractivity contribution in [2.75, 3.05) is 38.0 Å². The largest absolute Gasteiger partial charge is 0.338 e. The highest BCUT2D eigenvalue weighted by molar-refractivity contribution is 6.43. The van der Waals surface area contributed by atoms with E-state index in [-0.39, 0.29) is 16.8 Å². The second-order valence-electron chi connectivity index (χ2n) is 8.50. The van der Waals surface area contributed by atoms with Gasteiger partial charge in [-0.05, 0) is 23.6 Å². The molecule has 1 aliphatic heterocycles. The quantitative estimate of drug-likeness (QED) is 0.508. The van der Waals surface area contributed by atoms with Crippen molar-refractivity contribution in [1.82, 2.24) is 15.1 Å². The molecule has 0 spiro atoms. The Morgan fingerprint density at radius 2 is 1.74 bits per heavy atom. The van der Waals surface area contributed by atoms with E-state index in [9.17, 15) is 9.59 Å². The summed E-state index contributed by atoms with van der Waals surface area (Å²) in [5.74, 6) is -0.0684. The summed E-state index contributed by atoms with van der Waals surface area (Å²) >= 11 is 12.2. The Morgan fingerprint density at radius 3 is 2.41 bits per heavy atom. The van der Waals surface area contributed by atoms with E-state index in [1.165, 1.54) is 5.56 Å². The molecule has 0 aromatic heterocycles. The Labute approximate surface area is 211 Å². The van der Waals surface area contributed by atoms with Crippen molar-refractivity contribution in [2.45, 2.75) is 26.3 Å². The van der Waals surface area contributed by atoms with Gasteiger partial charge in [-0.25, -0.2) is 4.79 Å². The first-order chi connectivity index (χ1) is 16.4. The number of nitrogens with zero attached hydrogens (tertiary/aromatic N) is 2. The maximum absolute atomic E-state index is 13.3. The zero-order chi connectivity index (χ0) is 24.5. The van der Waals surface area contributed by atoms with Gasteiger partial charge in [0.2, 0.25) is 5.91 Å². The Hall–Kier alpha value is -2.54. The average Bonchev–Trinajstić information content (AvgIpc) is 2.85. The van der Waals surface area contributed by atoms with E-state index < -0.39 is 12.1 Å². The van der Waals surface area contributed by atoms with Crippen molar-refractivity contribution >= 4 is 46.9 Å². The van der Waals surface area contributed by atoms with Gasteiger partial charge in [0.1, 0.15) is 6.04 Å². The first kappa shape index (κ1) is 26.1. The maximum Gasteiger partial charge on any atom is 0.319 e. The Balaban J connectivity index is 1.54. The van der Waals surface area contributed by atoms with Gasteiger partial charge in [-0.15, -0.1) is 0 Å². The van der Waals surface area contributed by atoms with Crippen molar-refractivity contribution in [2.24, 2.45) is 5.92 Å². The van der Waals surface area contributed by atoms with Gasteiger partial charge in [0.05, 0.1) is 15.7 Å². The first-order valence-corrected chi connectivity index (χ1v) is 12.4. The molecule has 8 heteroatoms. The van der Waals surface area contributed by atoms with E-state index in [4.69, 9.17) is 23.2 Å². The monoisotopic (exact) mass is 502 g/mol. The lowest BCUT2D eigenvalue weighted by Crippen LogP contribution is -2.57. The van der Waals surface area contributed by atoms with E-state index in [1.54, 1.807) is 18.2 Å². The molecule has 182 valence electrons. The van der Waals surface area contributed by atoms with Crippen LogP contribution in [-0.2, 0) is 4.79 Å². The number of anilines is 1. The molecule has 0 saturated carbocycles. The smallest absolute Gasteiger partial charge is 0.319 e. The molecule has 1 saturated heterocycles. The van der Waals surface area contributed by atoms with Crippen LogP contribution >= 0.6 is 23.2 Å². The van der Waals surface area contributed by atoms with Crippen LogP contribution in [0.15, 0.2) is 54.6 Å². The van der Waals surface area contributed by atoms with Crippen molar-refractivity contribution in [3.8, 4) is 0 Å². The van der Waals surface area contributed by atoms with E-state index in [2.05, 4.69) is 39.8 Å². The van der Waals surface area contributed by atoms with E-state index in [1.807, 2.05) is 36.9 Å². The predicted octanol–water partition coefficient (Wildman–Crippen LogP) is 5.39. The lowest BCUT2D eigenvalue weighted by molar-refractivity contribution is -0.136. The van der Waals surface area contributed by atoms with Gasteiger partial charge < -0.3 is 15.5 Å². The van der Waals surface area contributed by atoms with Crippen LogP contribution in [0.1, 0.15) is 25.8 Å². The van der Waals surface area contributed by atoms with Crippen LogP contribution in [0.5, 0.6) is 0 Å². The Bertz CT molecular complexity index is 992. The molecular weight excluding hydrogens is 471 g/mol. The molecule has 0 aliphatic carbocycles. The molecule has 0 bridgehead atoms.